The van der Waals surface area contributed by atoms with Crippen molar-refractivity contribution in [2.75, 3.05) is 25.7 Å². The number of hydrogen-bond donors (Lipinski definition) is 3. The monoisotopic (exact) mass is 1520 g/mol. The number of sulfonamides is 3. The molecule has 7 heterocycles. The van der Waals surface area contributed by atoms with Crippen LogP contribution in [0.1, 0.15) is 90.4 Å². The number of alkyl halides is 15. The zero-order chi connectivity index (χ0) is 72.8. The maximum absolute atomic E-state index is 16.0. The highest BCUT2D eigenvalue weighted by Crippen LogP contribution is 2.39. The first-order valence-electron chi connectivity index (χ1n) is 26.6. The Morgan fingerprint density at radius 3 is 1.39 bits per heavy atom. The van der Waals surface area contributed by atoms with E-state index in [0.717, 1.165) is 37.2 Å². The molecule has 0 atom stereocenters. The molecule has 3 N–H and O–H groups in total. The van der Waals surface area contributed by atoms with Crippen molar-refractivity contribution in [3.8, 4) is 11.1 Å². The van der Waals surface area contributed by atoms with Crippen LogP contribution < -0.4 is 13.9 Å². The van der Waals surface area contributed by atoms with Crippen molar-refractivity contribution in [1.29, 1.82) is 0 Å². The minimum atomic E-state index is -5.92. The molecule has 8 aromatic rings. The van der Waals surface area contributed by atoms with Crippen LogP contribution in [-0.2, 0) is 51.7 Å². The van der Waals surface area contributed by atoms with Crippen molar-refractivity contribution in [1.82, 2.24) is 39.9 Å². The number of benzene rings is 2. The normalized spacial score (nSPS) is 14.6. The summed E-state index contributed by atoms with van der Waals surface area (Å²) in [4.78, 5) is 52.9. The lowest BCUT2D eigenvalue weighted by Gasteiger charge is -2.32. The minimum Gasteiger partial charge on any atom is -0.399 e. The number of anilines is 2. The zero-order valence-electron chi connectivity index (χ0n) is 48.9. The molecule has 6 aromatic heterocycles. The third-order valence-corrected chi connectivity index (χ3v) is 19.6. The topological polar surface area (TPSA) is 279 Å². The van der Waals surface area contributed by atoms with E-state index in [9.17, 15) is 105 Å². The van der Waals surface area contributed by atoms with E-state index in [1.54, 1.807) is 27.7 Å². The van der Waals surface area contributed by atoms with Crippen LogP contribution >= 0.6 is 15.9 Å². The summed E-state index contributed by atoms with van der Waals surface area (Å²) < 4.78 is 337. The van der Waals surface area contributed by atoms with Gasteiger partial charge < -0.3 is 19.3 Å². The fourth-order valence-corrected chi connectivity index (χ4v) is 13.6. The number of nitrogens with zero attached hydrogens (tertiary/aromatic N) is 7. The number of ketones is 2. The second-order valence-corrected chi connectivity index (χ2v) is 28.2. The van der Waals surface area contributed by atoms with Gasteiger partial charge in [0.25, 0.3) is 0 Å². The molecule has 0 aliphatic carbocycles. The first-order valence-corrected chi connectivity index (χ1v) is 32.2. The number of carbonyl (C=O) groups excluding carboxylic acids is 2. The number of H-pyrrole nitrogens is 2. The molecule has 20 nitrogen and oxygen atoms in total. The average molecular weight is 1530 g/mol. The van der Waals surface area contributed by atoms with Crippen molar-refractivity contribution < 1.29 is 128 Å². The largest absolute Gasteiger partial charge is 0.496 e. The van der Waals surface area contributed by atoms with Gasteiger partial charge in [-0.3, -0.25) is 14.3 Å². The van der Waals surface area contributed by atoms with Gasteiger partial charge in [0.1, 0.15) is 28.5 Å². The zero-order valence-corrected chi connectivity index (χ0v) is 52.9. The minimum absolute atomic E-state index is 0.0277. The van der Waals surface area contributed by atoms with Gasteiger partial charge in [-0.15, -0.1) is 0 Å². The number of aromatic nitrogens is 8. The molecule has 0 unspecified atom stereocenters. The smallest absolute Gasteiger partial charge is 0.399 e. The van der Waals surface area contributed by atoms with Gasteiger partial charge in [-0.1, -0.05) is 0 Å². The Morgan fingerprint density at radius 1 is 0.536 bits per heavy atom. The van der Waals surface area contributed by atoms with Crippen LogP contribution in [0.2, 0.25) is 0 Å². The lowest BCUT2D eigenvalue weighted by molar-refractivity contribution is -0.145. The van der Waals surface area contributed by atoms with Gasteiger partial charge in [0.15, 0.2) is 29.0 Å². The summed E-state index contributed by atoms with van der Waals surface area (Å²) in [6, 6.07) is 4.73. The first-order chi connectivity index (χ1) is 44.3. The molecule has 1 fully saturated rings. The van der Waals surface area contributed by atoms with E-state index >= 15 is 13.2 Å². The lowest BCUT2D eigenvalue weighted by Crippen LogP contribution is -2.42. The Hall–Kier alpha value is -8.10. The quantitative estimate of drug-likeness (QED) is 0.0434. The third-order valence-electron chi connectivity index (χ3n) is 13.7. The molecule has 44 heteroatoms. The van der Waals surface area contributed by atoms with Gasteiger partial charge in [-0.05, 0) is 80.0 Å². The summed E-state index contributed by atoms with van der Waals surface area (Å²) in [5.74, 6) is -18.0. The number of carbonyl (C=O) groups is 2. The van der Waals surface area contributed by atoms with Gasteiger partial charge in [-0.2, -0.15) is 69.6 Å². The molecule has 0 amide bonds. The number of rotatable bonds is 17. The number of pyridine rings is 2. The average Bonchev–Trinajstić information content (AvgIpc) is 1.68. The summed E-state index contributed by atoms with van der Waals surface area (Å²) in [5.41, 5.74) is -6.77. The SMILES string of the molecule is CC1(C)OB(c2cnc3[nH]cc(C(=O)c4ccc(F)c(N(S(=O)(=O)CCC(F)(F)F)S(=O)(=O)CCC(F)(F)F)c4F)c3c2)OC1(C)C.FC(F)(F)c1ncc(Br)cn1.O=C(c1ccc(F)c(NS(=O)(=O)CCC(F)(F)F)c1F)c1c[nH]c2ncc(-c3cnc(C(F)(F)F)nc3)cc12. The summed E-state index contributed by atoms with van der Waals surface area (Å²) in [7, 11) is -17.7. The van der Waals surface area contributed by atoms with Crippen molar-refractivity contribution in [2.45, 2.75) is 89.0 Å². The Kier molecular flexibility index (Phi) is 21.8. The molecule has 1 aliphatic heterocycles. The first kappa shape index (κ1) is 76.3. The fourth-order valence-electron chi connectivity index (χ4n) is 8.31. The number of fused-ring (bicyclic) bond motifs is 2. The van der Waals surface area contributed by atoms with Crippen molar-refractivity contribution in [3.63, 3.8) is 0 Å². The third kappa shape index (κ3) is 18.6. The molecule has 1 aliphatic rings. The van der Waals surface area contributed by atoms with Gasteiger partial charge in [-0.25, -0.2) is 72.7 Å². The second-order valence-electron chi connectivity index (χ2n) is 21.3. The predicted molar refractivity (Wildman–Crippen MR) is 308 cm³/mol. The molecule has 9 rings (SSSR count). The Bertz CT molecular complexity index is 4570. The maximum atomic E-state index is 16.0. The Morgan fingerprint density at radius 2 is 0.938 bits per heavy atom. The highest BCUT2D eigenvalue weighted by molar-refractivity contribution is 9.10. The Labute approximate surface area is 542 Å². The molecule has 0 bridgehead atoms. The second kappa shape index (κ2) is 27.7. The van der Waals surface area contributed by atoms with E-state index in [0.29, 0.717) is 28.1 Å². The highest BCUT2D eigenvalue weighted by atomic mass is 79.9. The number of aromatic amines is 2. The standard InChI is InChI=1S/C26H26BF8N3O7S2.C22H13F8N5O3S.C5H2BrF3N2/c1-23(2)24(3,4)45-27(44-23)14-11-16-17(13-37-22(16)36-12-14)21(39)15-5-6-18(28)20(19(15)29)38(46(40,41)9-7-25(30,31)32)47(42,43)10-8-26(33,34)35;23-15-2-1-12(16(24)17(15)35-39(37,38)4-3-21(25,26)27)18(36)14-9-32-19-13(14)5-10(6-31-19)11-7-33-20(34-8-11)22(28,29)30;6-3-1-10-4(11-2-3)5(7,8)9/h5-6,11-13H,7-10H2,1-4H3,(H,36,37);1-2,5-9,35H,3-4H2,(H,31,32);1-2H. The van der Waals surface area contributed by atoms with Crippen LogP contribution in [0.4, 0.5) is 94.8 Å². The number of nitrogens with one attached hydrogen (secondary N) is 3. The van der Waals surface area contributed by atoms with Crippen LogP contribution in [0.15, 0.2) is 90.4 Å². The Balaban J connectivity index is 0.000000238. The number of hydrogen-bond acceptors (Lipinski definition) is 16. The molecule has 0 saturated carbocycles. The van der Waals surface area contributed by atoms with Crippen molar-refractivity contribution in [2.24, 2.45) is 0 Å². The van der Waals surface area contributed by atoms with E-state index < -0.39 is 188 Å². The van der Waals surface area contributed by atoms with E-state index in [2.05, 4.69) is 55.8 Å². The lowest BCUT2D eigenvalue weighted by atomic mass is 9.79. The maximum Gasteiger partial charge on any atom is 0.496 e. The molecule has 1 saturated heterocycles. The van der Waals surface area contributed by atoms with Crippen LogP contribution in [0, 0.1) is 23.3 Å². The summed E-state index contributed by atoms with van der Waals surface area (Å²) in [6.45, 7) is 7.09. The summed E-state index contributed by atoms with van der Waals surface area (Å²) in [6.07, 6.45) is -22.1. The van der Waals surface area contributed by atoms with Crippen molar-refractivity contribution >= 4 is 104 Å². The van der Waals surface area contributed by atoms with Crippen molar-refractivity contribution in [3.05, 3.63) is 148 Å². The van der Waals surface area contributed by atoms with E-state index in [4.69, 9.17) is 9.31 Å². The molecular weight excluding hydrogens is 1480 g/mol. The van der Waals surface area contributed by atoms with E-state index in [1.165, 1.54) is 29.2 Å². The van der Waals surface area contributed by atoms with Gasteiger partial charge >= 0.3 is 38.0 Å². The highest BCUT2D eigenvalue weighted by Gasteiger charge is 2.52. The summed E-state index contributed by atoms with van der Waals surface area (Å²) in [5, 5.41) is 0.0911. The molecule has 524 valence electrons. The van der Waals surface area contributed by atoms with Gasteiger partial charge in [0.05, 0.1) is 63.3 Å². The molecular formula is C53H41BBrF19N10O10S3. The molecule has 2 aromatic carbocycles. The molecule has 97 heavy (non-hydrogen) atoms. The van der Waals surface area contributed by atoms with Crippen LogP contribution in [0.3, 0.4) is 0 Å². The van der Waals surface area contributed by atoms with E-state index in [-0.39, 0.29) is 50.4 Å². The fraction of sp³-hybridized carbons (Fsp3) is 0.321. The van der Waals surface area contributed by atoms with Gasteiger partial charge in [0.2, 0.25) is 41.7 Å². The predicted octanol–water partition coefficient (Wildman–Crippen LogP) is 12.2. The number of halogens is 20. The van der Waals surface area contributed by atoms with Gasteiger partial charge in [0, 0.05) is 88.1 Å². The summed E-state index contributed by atoms with van der Waals surface area (Å²) >= 11 is 2.92. The van der Waals surface area contributed by atoms with Crippen LogP contribution in [0.5, 0.6) is 0 Å². The molecule has 0 radical (unpaired) electrons. The van der Waals surface area contributed by atoms with E-state index in [1.807, 2.05) is 0 Å². The van der Waals surface area contributed by atoms with Crippen LogP contribution in [-0.4, -0.2) is 131 Å². The van der Waals surface area contributed by atoms with Crippen LogP contribution in [0.25, 0.3) is 33.2 Å². The molecule has 0 spiro atoms.